The lowest BCUT2D eigenvalue weighted by Gasteiger charge is -2.11. The summed E-state index contributed by atoms with van der Waals surface area (Å²) in [6.07, 6.45) is 14.6. The monoisotopic (exact) mass is 1240 g/mol. The standard InChI is InChI=1S/C57H71N23O10/c1-72(2)18-11-14-59-45(81)13-16-62-51(84)38-20-32(25-74(38)4)63-52(85)40-22-33(26-76(40)6)64-53(86)41-23-36(29-77(41)7)67-56(89)47-68-43(30-79(47)9)70-49(82)37(58)12-15-61-50(83)39-21-34(27-75(39)5)66-57(90)48-69-44(31-80(48)10)71-54(87)42-24-35(28-78(42)8)65-55(88)46-60-17-19-73(46)3/h17,19-31,37H,11-16,18,58H2,1-10H3,(H,59,81)(H,61,83)(H,62,84)(H,63,85)(H,64,86)(H,65,88)(H,66,90)(H,67,89)(H,70,82)(H,71,87)/t37-/m1/s1. The molecule has 0 aliphatic heterocycles. The van der Waals surface area contributed by atoms with E-state index in [1.54, 1.807) is 90.3 Å². The highest BCUT2D eigenvalue weighted by atomic mass is 16.2. The molecule has 8 heterocycles. The van der Waals surface area contributed by atoms with Gasteiger partial charge in [-0.3, -0.25) is 47.9 Å². The number of rotatable bonds is 26. The molecule has 33 nitrogen and oxygen atoms in total. The first-order valence-electron chi connectivity index (χ1n) is 28.0. The summed E-state index contributed by atoms with van der Waals surface area (Å²) >= 11 is 0. The van der Waals surface area contributed by atoms with Crippen LogP contribution in [0.25, 0.3) is 0 Å². The van der Waals surface area contributed by atoms with Crippen molar-refractivity contribution in [3.63, 3.8) is 0 Å². The van der Waals surface area contributed by atoms with Crippen LogP contribution in [0.2, 0.25) is 0 Å². The average Bonchev–Trinajstić information content (AvgIpc) is 2.82. The van der Waals surface area contributed by atoms with Crippen molar-refractivity contribution in [1.82, 2.24) is 72.3 Å². The van der Waals surface area contributed by atoms with E-state index >= 15 is 0 Å². The third kappa shape index (κ3) is 16.0. The maximum absolute atomic E-state index is 13.5. The normalized spacial score (nSPS) is 11.4. The average molecular weight is 1240 g/mol. The summed E-state index contributed by atoms with van der Waals surface area (Å²) in [5, 5.41) is 27.2. The molecule has 8 aromatic heterocycles. The highest BCUT2D eigenvalue weighted by Crippen LogP contribution is 2.22. The summed E-state index contributed by atoms with van der Waals surface area (Å²) in [5.41, 5.74) is 8.67. The lowest BCUT2D eigenvalue weighted by molar-refractivity contribution is -0.121. The molecule has 12 N–H and O–H groups in total. The van der Waals surface area contributed by atoms with Gasteiger partial charge in [0.25, 0.3) is 47.3 Å². The third-order valence-electron chi connectivity index (χ3n) is 14.0. The van der Waals surface area contributed by atoms with Crippen LogP contribution in [0.4, 0.5) is 40.1 Å². The maximum Gasteiger partial charge on any atom is 0.291 e. The number of nitrogens with one attached hydrogen (secondary N) is 10. The van der Waals surface area contributed by atoms with Gasteiger partial charge in [0.1, 0.15) is 28.5 Å². The van der Waals surface area contributed by atoms with Crippen molar-refractivity contribution in [2.75, 3.05) is 77.5 Å². The first-order valence-corrected chi connectivity index (χ1v) is 28.0. The van der Waals surface area contributed by atoms with E-state index in [-0.39, 0.29) is 101 Å². The zero-order valence-corrected chi connectivity index (χ0v) is 51.1. The van der Waals surface area contributed by atoms with Crippen molar-refractivity contribution in [2.24, 2.45) is 62.1 Å². The van der Waals surface area contributed by atoms with Gasteiger partial charge in [0.15, 0.2) is 17.5 Å². The van der Waals surface area contributed by atoms with Crippen molar-refractivity contribution in [3.8, 4) is 0 Å². The predicted molar refractivity (Wildman–Crippen MR) is 331 cm³/mol. The van der Waals surface area contributed by atoms with Crippen LogP contribution in [-0.2, 0) is 66.0 Å². The number of amides is 10. The quantitative estimate of drug-likeness (QED) is 0.0341. The number of hydrogen-bond acceptors (Lipinski definition) is 15. The van der Waals surface area contributed by atoms with Crippen LogP contribution in [0.5, 0.6) is 0 Å². The Balaban J connectivity index is 0.758. The molecule has 0 fully saturated rings. The van der Waals surface area contributed by atoms with Gasteiger partial charge in [-0.25, -0.2) is 15.0 Å². The summed E-state index contributed by atoms with van der Waals surface area (Å²) < 4.78 is 11.9. The van der Waals surface area contributed by atoms with E-state index in [0.717, 1.165) is 13.0 Å². The van der Waals surface area contributed by atoms with E-state index in [1.165, 1.54) is 88.7 Å². The topological polar surface area (TPSA) is 398 Å². The number of nitrogens with two attached hydrogens (primary N) is 1. The summed E-state index contributed by atoms with van der Waals surface area (Å²) in [5.74, 6) is -5.03. The molecular formula is C57H71N23O10. The SMILES string of the molecule is CN(C)CCCNC(=O)CCNC(=O)c1cc(NC(=O)c2cc(NC(=O)c3cc(NC(=O)c4nc(NC(=O)[C@H](N)CCNC(=O)c5cc(NC(=O)c6nc(NC(=O)c7cc(NC(=O)c8nccn8C)cn7C)cn6C)cn5C)cn4C)cn3C)cn2C)cn1C. The first kappa shape index (κ1) is 64.6. The van der Waals surface area contributed by atoms with Crippen LogP contribution in [0.15, 0.2) is 86.1 Å². The van der Waals surface area contributed by atoms with E-state index in [9.17, 15) is 47.9 Å². The van der Waals surface area contributed by atoms with Gasteiger partial charge in [0, 0.05) is 138 Å². The van der Waals surface area contributed by atoms with Gasteiger partial charge in [0.05, 0.1) is 34.5 Å². The molecule has 0 spiro atoms. The molecule has 8 aromatic rings. The van der Waals surface area contributed by atoms with Crippen LogP contribution in [0, 0.1) is 0 Å². The summed E-state index contributed by atoms with van der Waals surface area (Å²) in [6.45, 7) is 1.48. The second-order valence-corrected chi connectivity index (χ2v) is 21.5. The molecule has 0 aliphatic rings. The Kier molecular flexibility index (Phi) is 20.1. The fourth-order valence-corrected chi connectivity index (χ4v) is 9.36. The predicted octanol–water partition coefficient (Wildman–Crippen LogP) is 1.37. The van der Waals surface area contributed by atoms with Gasteiger partial charge in [0.2, 0.25) is 23.5 Å². The minimum absolute atomic E-state index is 0.00340. The molecule has 0 aromatic carbocycles. The zero-order chi connectivity index (χ0) is 65.2. The Morgan fingerprint density at radius 3 is 1.22 bits per heavy atom. The Hall–Kier alpha value is -11.4. The lowest BCUT2D eigenvalue weighted by atomic mass is 10.2. The minimum Gasteiger partial charge on any atom is -0.356 e. The van der Waals surface area contributed by atoms with E-state index in [1.807, 2.05) is 19.0 Å². The number of aryl methyl sites for hydroxylation is 8. The van der Waals surface area contributed by atoms with E-state index < -0.39 is 59.2 Å². The van der Waals surface area contributed by atoms with Crippen LogP contribution in [0.3, 0.4) is 0 Å². The van der Waals surface area contributed by atoms with Gasteiger partial charge in [-0.1, -0.05) is 0 Å². The number of carbonyl (C=O) groups is 10. The number of hydrogen-bond donors (Lipinski definition) is 11. The Bertz CT molecular complexity index is 4060. The minimum atomic E-state index is -1.12. The fourth-order valence-electron chi connectivity index (χ4n) is 9.36. The van der Waals surface area contributed by atoms with Crippen molar-refractivity contribution in [1.29, 1.82) is 0 Å². The summed E-state index contributed by atoms with van der Waals surface area (Å²) in [7, 11) is 16.8. The van der Waals surface area contributed by atoms with E-state index in [4.69, 9.17) is 5.73 Å². The Morgan fingerprint density at radius 1 is 0.433 bits per heavy atom. The van der Waals surface area contributed by atoms with Crippen LogP contribution in [0.1, 0.15) is 104 Å². The second-order valence-electron chi connectivity index (χ2n) is 21.5. The Labute approximate surface area is 514 Å². The van der Waals surface area contributed by atoms with Gasteiger partial charge in [-0.2, -0.15) is 0 Å². The van der Waals surface area contributed by atoms with Crippen LogP contribution in [-0.4, -0.2) is 162 Å². The van der Waals surface area contributed by atoms with Crippen molar-refractivity contribution >= 4 is 99.1 Å². The molecule has 90 heavy (non-hydrogen) atoms. The number of anilines is 7. The summed E-state index contributed by atoms with van der Waals surface area (Å²) in [4.78, 5) is 146. The first-order chi connectivity index (χ1) is 42.7. The molecule has 1 atom stereocenters. The van der Waals surface area contributed by atoms with Gasteiger partial charge in [-0.05, 0) is 63.8 Å². The molecule has 8 rings (SSSR count). The lowest BCUT2D eigenvalue weighted by Crippen LogP contribution is -2.39. The molecule has 10 amide bonds. The molecule has 0 unspecified atom stereocenters. The number of aromatic nitrogens is 11. The smallest absolute Gasteiger partial charge is 0.291 e. The number of nitrogens with zero attached hydrogens (tertiary/aromatic N) is 12. The number of carbonyl (C=O) groups excluding carboxylic acids is 10. The highest BCUT2D eigenvalue weighted by Gasteiger charge is 2.25. The van der Waals surface area contributed by atoms with Gasteiger partial charge < -0.3 is 100 Å². The third-order valence-corrected chi connectivity index (χ3v) is 14.0. The molecule has 0 aliphatic carbocycles. The molecule has 0 saturated heterocycles. The van der Waals surface area contributed by atoms with Crippen molar-refractivity contribution < 1.29 is 47.9 Å². The number of imidazole rings is 3. The fraction of sp³-hybridized carbons (Fsp3) is 0.316. The van der Waals surface area contributed by atoms with E-state index in [2.05, 4.69) is 68.1 Å². The van der Waals surface area contributed by atoms with Crippen molar-refractivity contribution in [2.45, 2.75) is 25.3 Å². The molecule has 0 bridgehead atoms. The molecule has 0 saturated carbocycles. The van der Waals surface area contributed by atoms with Crippen LogP contribution < -0.4 is 58.9 Å². The Morgan fingerprint density at radius 2 is 0.811 bits per heavy atom. The highest BCUT2D eigenvalue weighted by molar-refractivity contribution is 6.10. The van der Waals surface area contributed by atoms with Gasteiger partial charge >= 0.3 is 0 Å². The van der Waals surface area contributed by atoms with Gasteiger partial charge in [-0.15, -0.1) is 0 Å². The molecule has 0 radical (unpaired) electrons. The zero-order valence-electron chi connectivity index (χ0n) is 51.1. The van der Waals surface area contributed by atoms with Crippen LogP contribution >= 0.6 is 0 Å². The largest absolute Gasteiger partial charge is 0.356 e. The maximum atomic E-state index is 13.5. The molecular weight excluding hydrogens is 1170 g/mol. The van der Waals surface area contributed by atoms with E-state index in [0.29, 0.717) is 23.6 Å². The second kappa shape index (κ2) is 28.0. The van der Waals surface area contributed by atoms with Crippen molar-refractivity contribution in [3.05, 3.63) is 132 Å². The summed E-state index contributed by atoms with van der Waals surface area (Å²) in [6, 6.07) is 6.24. The molecule has 33 heteroatoms. The molecule has 474 valence electrons.